The van der Waals surface area contributed by atoms with Crippen LogP contribution in [0.25, 0.3) is 0 Å². The predicted octanol–water partition coefficient (Wildman–Crippen LogP) is 1.48. The fourth-order valence-electron chi connectivity index (χ4n) is 1.78. The number of nitrogens with two attached hydrogens (primary N) is 1. The van der Waals surface area contributed by atoms with Crippen molar-refractivity contribution in [3.63, 3.8) is 0 Å². The second-order valence-corrected chi connectivity index (χ2v) is 4.24. The van der Waals surface area contributed by atoms with Crippen LogP contribution < -0.4 is 5.73 Å². The highest BCUT2D eigenvalue weighted by Gasteiger charge is 2.32. The normalized spacial score (nSPS) is 14.3. The Labute approximate surface area is 100 Å². The number of carbonyl (C=O) groups is 1. The molecular formula is C13H15N3O. The van der Waals surface area contributed by atoms with Gasteiger partial charge in [-0.15, -0.1) is 0 Å². The van der Waals surface area contributed by atoms with Crippen molar-refractivity contribution in [3.05, 3.63) is 53.9 Å². The van der Waals surface area contributed by atoms with Gasteiger partial charge < -0.3 is 5.73 Å². The molecular weight excluding hydrogens is 214 g/mol. The maximum atomic E-state index is 12.4. The van der Waals surface area contributed by atoms with E-state index in [2.05, 4.69) is 5.10 Å². The van der Waals surface area contributed by atoms with E-state index in [1.807, 2.05) is 30.3 Å². The highest BCUT2D eigenvalue weighted by Crippen LogP contribution is 2.22. The van der Waals surface area contributed by atoms with Gasteiger partial charge in [0.15, 0.2) is 0 Å². The summed E-state index contributed by atoms with van der Waals surface area (Å²) in [5, 5.41) is 3.99. The minimum atomic E-state index is -1.03. The zero-order valence-corrected chi connectivity index (χ0v) is 9.92. The molecule has 1 atom stereocenters. The van der Waals surface area contributed by atoms with Gasteiger partial charge in [-0.25, -0.2) is 0 Å². The molecule has 0 aliphatic carbocycles. The van der Waals surface area contributed by atoms with Gasteiger partial charge in [-0.2, -0.15) is 5.10 Å². The zero-order valence-electron chi connectivity index (χ0n) is 9.92. The van der Waals surface area contributed by atoms with E-state index in [1.165, 1.54) is 4.68 Å². The Hall–Kier alpha value is -1.94. The van der Waals surface area contributed by atoms with Gasteiger partial charge in [-0.3, -0.25) is 9.48 Å². The first kappa shape index (κ1) is 11.5. The molecule has 2 aromatic rings. The number of hydrogen-bond acceptors (Lipinski definition) is 3. The minimum absolute atomic E-state index is 0.135. The van der Waals surface area contributed by atoms with E-state index >= 15 is 0 Å². The Bertz CT molecular complexity index is 529. The molecule has 17 heavy (non-hydrogen) atoms. The van der Waals surface area contributed by atoms with Crippen molar-refractivity contribution in [3.8, 4) is 0 Å². The SMILES string of the molecule is Cn1nccc1C(=O)C(C)(N)c1ccccc1. The van der Waals surface area contributed by atoms with Crippen LogP contribution in [0.4, 0.5) is 0 Å². The standard InChI is InChI=1S/C13H15N3O/c1-13(14,10-6-4-3-5-7-10)12(17)11-8-9-15-16(11)2/h3-9H,14H2,1-2H3. The molecule has 0 bridgehead atoms. The summed E-state index contributed by atoms with van der Waals surface area (Å²) in [5.41, 5.74) is 6.43. The van der Waals surface area contributed by atoms with Crippen LogP contribution in [0.2, 0.25) is 0 Å². The topological polar surface area (TPSA) is 60.9 Å². The van der Waals surface area contributed by atoms with Crippen LogP contribution >= 0.6 is 0 Å². The van der Waals surface area contributed by atoms with Gasteiger partial charge in [0, 0.05) is 13.2 Å². The molecule has 2 rings (SSSR count). The van der Waals surface area contributed by atoms with Gasteiger partial charge in [0.05, 0.1) is 0 Å². The molecule has 0 radical (unpaired) electrons. The van der Waals surface area contributed by atoms with Crippen LogP contribution in [0.15, 0.2) is 42.6 Å². The number of rotatable bonds is 3. The summed E-state index contributed by atoms with van der Waals surface area (Å²) in [6, 6.07) is 11.0. The maximum absolute atomic E-state index is 12.4. The number of hydrogen-bond donors (Lipinski definition) is 1. The fraction of sp³-hybridized carbons (Fsp3) is 0.231. The summed E-state index contributed by atoms with van der Waals surface area (Å²) < 4.78 is 1.54. The quantitative estimate of drug-likeness (QED) is 0.811. The van der Waals surface area contributed by atoms with Crippen LogP contribution in [0.5, 0.6) is 0 Å². The number of Topliss-reactive ketones (excluding diaryl/α,β-unsaturated/α-hetero) is 1. The van der Waals surface area contributed by atoms with Crippen molar-refractivity contribution >= 4 is 5.78 Å². The van der Waals surface area contributed by atoms with Crippen molar-refractivity contribution < 1.29 is 4.79 Å². The fourth-order valence-corrected chi connectivity index (χ4v) is 1.78. The Morgan fingerprint density at radius 3 is 2.47 bits per heavy atom. The molecule has 1 aromatic carbocycles. The van der Waals surface area contributed by atoms with E-state index in [1.54, 1.807) is 26.2 Å². The maximum Gasteiger partial charge on any atom is 0.204 e. The minimum Gasteiger partial charge on any atom is -0.315 e. The Kier molecular flexibility index (Phi) is 2.81. The first-order chi connectivity index (χ1) is 8.03. The van der Waals surface area contributed by atoms with Crippen LogP contribution in [0.3, 0.4) is 0 Å². The van der Waals surface area contributed by atoms with Crippen molar-refractivity contribution in [1.29, 1.82) is 0 Å². The molecule has 2 N–H and O–H groups in total. The average Bonchev–Trinajstić information content (AvgIpc) is 2.75. The third kappa shape index (κ3) is 1.99. The molecule has 1 aromatic heterocycles. The van der Waals surface area contributed by atoms with Crippen LogP contribution in [-0.2, 0) is 12.6 Å². The lowest BCUT2D eigenvalue weighted by Gasteiger charge is -2.23. The molecule has 0 saturated carbocycles. The number of benzene rings is 1. The first-order valence-corrected chi connectivity index (χ1v) is 5.40. The van der Waals surface area contributed by atoms with Crippen molar-refractivity contribution in [2.75, 3.05) is 0 Å². The molecule has 0 spiro atoms. The predicted molar refractivity (Wildman–Crippen MR) is 65.5 cm³/mol. The molecule has 88 valence electrons. The summed E-state index contributed by atoms with van der Waals surface area (Å²) in [6.07, 6.45) is 1.59. The van der Waals surface area contributed by atoms with E-state index in [9.17, 15) is 4.79 Å². The van der Waals surface area contributed by atoms with E-state index in [0.29, 0.717) is 5.69 Å². The molecule has 0 saturated heterocycles. The summed E-state index contributed by atoms with van der Waals surface area (Å²) in [7, 11) is 1.73. The number of ketones is 1. The van der Waals surface area contributed by atoms with E-state index < -0.39 is 5.54 Å². The second kappa shape index (κ2) is 4.14. The van der Waals surface area contributed by atoms with Crippen molar-refractivity contribution in [2.45, 2.75) is 12.5 Å². The Balaban J connectivity index is 2.40. The van der Waals surface area contributed by atoms with E-state index in [0.717, 1.165) is 5.56 Å². The first-order valence-electron chi connectivity index (χ1n) is 5.40. The summed E-state index contributed by atoms with van der Waals surface area (Å²) >= 11 is 0. The molecule has 4 heteroatoms. The lowest BCUT2D eigenvalue weighted by Crippen LogP contribution is -2.42. The molecule has 4 nitrogen and oxygen atoms in total. The number of aromatic nitrogens is 2. The zero-order chi connectivity index (χ0) is 12.5. The highest BCUT2D eigenvalue weighted by atomic mass is 16.1. The molecule has 0 aliphatic rings. The van der Waals surface area contributed by atoms with Crippen molar-refractivity contribution in [2.24, 2.45) is 12.8 Å². The van der Waals surface area contributed by atoms with Gasteiger partial charge in [0.2, 0.25) is 5.78 Å². The molecule has 1 heterocycles. The monoisotopic (exact) mass is 229 g/mol. The van der Waals surface area contributed by atoms with Gasteiger partial charge in [-0.1, -0.05) is 30.3 Å². The molecule has 0 fully saturated rings. The van der Waals surface area contributed by atoms with Gasteiger partial charge in [-0.05, 0) is 18.6 Å². The summed E-state index contributed by atoms with van der Waals surface area (Å²) in [4.78, 5) is 12.4. The lowest BCUT2D eigenvalue weighted by atomic mass is 9.87. The van der Waals surface area contributed by atoms with Crippen LogP contribution in [0.1, 0.15) is 23.0 Å². The highest BCUT2D eigenvalue weighted by molar-refractivity contribution is 6.02. The van der Waals surface area contributed by atoms with Gasteiger partial charge in [0.1, 0.15) is 11.2 Å². The number of nitrogens with zero attached hydrogens (tertiary/aromatic N) is 2. The third-order valence-corrected chi connectivity index (χ3v) is 2.90. The smallest absolute Gasteiger partial charge is 0.204 e. The van der Waals surface area contributed by atoms with Crippen LogP contribution in [-0.4, -0.2) is 15.6 Å². The van der Waals surface area contributed by atoms with E-state index in [-0.39, 0.29) is 5.78 Å². The largest absolute Gasteiger partial charge is 0.315 e. The summed E-state index contributed by atoms with van der Waals surface area (Å²) in [6.45, 7) is 1.72. The molecule has 1 unspecified atom stereocenters. The van der Waals surface area contributed by atoms with E-state index in [4.69, 9.17) is 5.73 Å². The van der Waals surface area contributed by atoms with Crippen LogP contribution in [0, 0.1) is 0 Å². The van der Waals surface area contributed by atoms with Gasteiger partial charge >= 0.3 is 0 Å². The molecule has 0 aliphatic heterocycles. The number of aryl methyl sites for hydroxylation is 1. The third-order valence-electron chi connectivity index (χ3n) is 2.90. The summed E-state index contributed by atoms with van der Waals surface area (Å²) in [5.74, 6) is -0.135. The molecule has 0 amide bonds. The second-order valence-electron chi connectivity index (χ2n) is 4.24. The van der Waals surface area contributed by atoms with Crippen molar-refractivity contribution in [1.82, 2.24) is 9.78 Å². The Morgan fingerprint density at radius 2 is 1.94 bits per heavy atom. The lowest BCUT2D eigenvalue weighted by molar-refractivity contribution is 0.0890. The van der Waals surface area contributed by atoms with Gasteiger partial charge in [0.25, 0.3) is 0 Å². The number of carbonyl (C=O) groups excluding carboxylic acids is 1. The average molecular weight is 229 g/mol. The Morgan fingerprint density at radius 1 is 1.29 bits per heavy atom.